The highest BCUT2D eigenvalue weighted by atomic mass is 35.5. The van der Waals surface area contributed by atoms with Crippen molar-refractivity contribution in [3.8, 4) is 23.3 Å². The van der Waals surface area contributed by atoms with Gasteiger partial charge in [0, 0.05) is 36.3 Å². The third-order valence-corrected chi connectivity index (χ3v) is 8.45. The van der Waals surface area contributed by atoms with Crippen molar-refractivity contribution in [1.29, 1.82) is 0 Å². The molecule has 1 aliphatic carbocycles. The minimum atomic E-state index is -0.684. The van der Waals surface area contributed by atoms with Gasteiger partial charge in [0.1, 0.15) is 6.61 Å². The monoisotopic (exact) mass is 570 g/mol. The molecule has 3 aromatic rings. The largest absolute Gasteiger partial charge is 0.494 e. The standard InChI is InChI=1S/C31H39ClN2O6/c1-20-16-25(9-10-26(20)32)21(2)33(18-22-4-7-24(8-5-22)31(37)38)19-23-6-11-27(28(17-23)39-3)40-15-14-34-29(35)12-13-30(34)36/h6,9-13,16-17,21-22,24,35-36H,4-5,7-8,14-15,18-19H2,1-3H3,(H,37,38)/t21-,22?,24?/m0/s1. The first-order valence-electron chi connectivity index (χ1n) is 13.8. The Balaban J connectivity index is 1.48. The molecule has 9 heteroatoms. The summed E-state index contributed by atoms with van der Waals surface area (Å²) in [6, 6.07) is 15.0. The fourth-order valence-electron chi connectivity index (χ4n) is 5.51. The second-order valence-corrected chi connectivity index (χ2v) is 11.1. The summed E-state index contributed by atoms with van der Waals surface area (Å²) < 4.78 is 12.9. The fourth-order valence-corrected chi connectivity index (χ4v) is 5.63. The van der Waals surface area contributed by atoms with Crippen LogP contribution in [0.2, 0.25) is 5.02 Å². The predicted molar refractivity (Wildman–Crippen MR) is 154 cm³/mol. The Morgan fingerprint density at radius 2 is 1.75 bits per heavy atom. The summed E-state index contributed by atoms with van der Waals surface area (Å²) in [5.74, 6) is 0.653. The van der Waals surface area contributed by atoms with Crippen LogP contribution < -0.4 is 9.47 Å². The van der Waals surface area contributed by atoms with E-state index in [1.165, 1.54) is 22.3 Å². The number of aryl methyl sites for hydroxylation is 1. The molecule has 0 saturated heterocycles. The van der Waals surface area contributed by atoms with Crippen molar-refractivity contribution < 1.29 is 29.6 Å². The zero-order valence-electron chi connectivity index (χ0n) is 23.3. The minimum Gasteiger partial charge on any atom is -0.494 e. The lowest BCUT2D eigenvalue weighted by molar-refractivity contribution is -0.143. The number of aromatic hydroxyl groups is 2. The molecule has 0 spiro atoms. The van der Waals surface area contributed by atoms with Crippen LogP contribution in [0.15, 0.2) is 48.5 Å². The van der Waals surface area contributed by atoms with Gasteiger partial charge in [-0.2, -0.15) is 0 Å². The van der Waals surface area contributed by atoms with Crippen LogP contribution in [0.3, 0.4) is 0 Å². The molecule has 2 aromatic carbocycles. The number of hydrogen-bond acceptors (Lipinski definition) is 6. The number of benzene rings is 2. The van der Waals surface area contributed by atoms with Gasteiger partial charge in [-0.25, -0.2) is 0 Å². The van der Waals surface area contributed by atoms with E-state index >= 15 is 0 Å². The molecule has 1 fully saturated rings. The maximum Gasteiger partial charge on any atom is 0.306 e. The highest BCUT2D eigenvalue weighted by Gasteiger charge is 2.29. The van der Waals surface area contributed by atoms with Crippen molar-refractivity contribution in [2.45, 2.75) is 58.7 Å². The van der Waals surface area contributed by atoms with Gasteiger partial charge in [-0.15, -0.1) is 0 Å². The van der Waals surface area contributed by atoms with Gasteiger partial charge in [0.25, 0.3) is 0 Å². The number of rotatable bonds is 12. The first kappa shape index (κ1) is 29.6. The second kappa shape index (κ2) is 13.3. The van der Waals surface area contributed by atoms with Crippen LogP contribution in [-0.4, -0.2) is 51.0 Å². The average molecular weight is 571 g/mol. The normalized spacial score (nSPS) is 18.0. The highest BCUT2D eigenvalue weighted by molar-refractivity contribution is 6.31. The molecule has 0 aliphatic heterocycles. The number of carboxylic acids is 1. The number of ether oxygens (including phenoxy) is 2. The molecule has 0 radical (unpaired) electrons. The van der Waals surface area contributed by atoms with Gasteiger partial charge in [0.2, 0.25) is 0 Å². The van der Waals surface area contributed by atoms with Gasteiger partial charge in [-0.05, 0) is 80.3 Å². The van der Waals surface area contributed by atoms with Gasteiger partial charge < -0.3 is 24.8 Å². The van der Waals surface area contributed by atoms with E-state index in [1.807, 2.05) is 31.2 Å². The lowest BCUT2D eigenvalue weighted by Gasteiger charge is -2.35. The Hall–Kier alpha value is -3.36. The zero-order valence-corrected chi connectivity index (χ0v) is 24.1. The number of nitrogens with zero attached hydrogens (tertiary/aromatic N) is 2. The Morgan fingerprint density at radius 1 is 1.05 bits per heavy atom. The van der Waals surface area contributed by atoms with Gasteiger partial charge in [-0.3, -0.25) is 14.3 Å². The first-order valence-corrected chi connectivity index (χ1v) is 14.1. The second-order valence-electron chi connectivity index (χ2n) is 10.7. The smallest absolute Gasteiger partial charge is 0.306 e. The summed E-state index contributed by atoms with van der Waals surface area (Å²) in [6.45, 7) is 6.28. The van der Waals surface area contributed by atoms with Gasteiger partial charge in [-0.1, -0.05) is 29.8 Å². The molecule has 1 heterocycles. The molecule has 1 atom stereocenters. The number of hydrogen-bond donors (Lipinski definition) is 3. The molecular formula is C31H39ClN2O6. The summed E-state index contributed by atoms with van der Waals surface area (Å²) in [5.41, 5.74) is 3.30. The van der Waals surface area contributed by atoms with E-state index in [2.05, 4.69) is 24.0 Å². The molecule has 1 saturated carbocycles. The topological polar surface area (TPSA) is 104 Å². The molecule has 8 nitrogen and oxygen atoms in total. The Kier molecular flexibility index (Phi) is 9.87. The van der Waals surface area contributed by atoms with Crippen molar-refractivity contribution in [2.75, 3.05) is 20.3 Å². The van der Waals surface area contributed by atoms with Gasteiger partial charge in [0.15, 0.2) is 23.3 Å². The molecule has 0 bridgehead atoms. The van der Waals surface area contributed by atoms with Crippen molar-refractivity contribution in [3.05, 3.63) is 70.2 Å². The molecule has 1 aliphatic rings. The summed E-state index contributed by atoms with van der Waals surface area (Å²) >= 11 is 6.30. The van der Waals surface area contributed by atoms with Crippen LogP contribution in [0.5, 0.6) is 23.3 Å². The van der Waals surface area contributed by atoms with E-state index in [-0.39, 0.29) is 36.9 Å². The SMILES string of the molecule is COc1cc(CN(CC2CCC(C(=O)O)CC2)[C@@H](C)c2ccc(Cl)c(C)c2)ccc1OCCn1c(O)ccc1O. The molecule has 0 amide bonds. The van der Waals surface area contributed by atoms with Gasteiger partial charge >= 0.3 is 5.97 Å². The number of carbonyl (C=O) groups is 1. The minimum absolute atomic E-state index is 0.0232. The molecule has 3 N–H and O–H groups in total. The van der Waals surface area contributed by atoms with E-state index < -0.39 is 5.97 Å². The molecule has 4 rings (SSSR count). The number of aliphatic carboxylic acids is 1. The van der Waals surface area contributed by atoms with Crippen LogP contribution in [0.1, 0.15) is 55.3 Å². The van der Waals surface area contributed by atoms with Crippen molar-refractivity contribution in [2.24, 2.45) is 11.8 Å². The Labute approximate surface area is 240 Å². The maximum atomic E-state index is 11.5. The van der Waals surface area contributed by atoms with Crippen LogP contribution >= 0.6 is 11.6 Å². The lowest BCUT2D eigenvalue weighted by atomic mass is 9.81. The highest BCUT2D eigenvalue weighted by Crippen LogP contribution is 2.35. The van der Waals surface area contributed by atoms with E-state index in [0.29, 0.717) is 24.0 Å². The quantitative estimate of drug-likeness (QED) is 0.231. The lowest BCUT2D eigenvalue weighted by Crippen LogP contribution is -2.34. The van der Waals surface area contributed by atoms with Gasteiger partial charge in [0.05, 0.1) is 19.6 Å². The van der Waals surface area contributed by atoms with Crippen molar-refractivity contribution in [3.63, 3.8) is 0 Å². The number of aromatic nitrogens is 1. The van der Waals surface area contributed by atoms with E-state index in [0.717, 1.165) is 48.4 Å². The average Bonchev–Trinajstić information content (AvgIpc) is 3.27. The summed E-state index contributed by atoms with van der Waals surface area (Å²) in [5, 5.41) is 29.9. The van der Waals surface area contributed by atoms with E-state index in [9.17, 15) is 20.1 Å². The van der Waals surface area contributed by atoms with E-state index in [4.69, 9.17) is 21.1 Å². The fraction of sp³-hybridized carbons (Fsp3) is 0.452. The summed E-state index contributed by atoms with van der Waals surface area (Å²) in [6.07, 6.45) is 3.26. The predicted octanol–water partition coefficient (Wildman–Crippen LogP) is 6.40. The number of halogens is 1. The Morgan fingerprint density at radius 3 is 2.38 bits per heavy atom. The first-order chi connectivity index (χ1) is 19.2. The van der Waals surface area contributed by atoms with Crippen molar-refractivity contribution >= 4 is 17.6 Å². The third-order valence-electron chi connectivity index (χ3n) is 8.02. The van der Waals surface area contributed by atoms with Crippen LogP contribution in [0.25, 0.3) is 0 Å². The third kappa shape index (κ3) is 7.23. The summed E-state index contributed by atoms with van der Waals surface area (Å²) in [4.78, 5) is 13.9. The molecular weight excluding hydrogens is 532 g/mol. The van der Waals surface area contributed by atoms with Crippen LogP contribution in [-0.2, 0) is 17.9 Å². The number of methoxy groups -OCH3 is 1. The Bertz CT molecular complexity index is 1280. The van der Waals surface area contributed by atoms with E-state index in [1.54, 1.807) is 7.11 Å². The van der Waals surface area contributed by atoms with Crippen LogP contribution in [0.4, 0.5) is 0 Å². The zero-order chi connectivity index (χ0) is 28.8. The molecule has 1 aromatic heterocycles. The number of carboxylic acid groups (broad SMARTS) is 1. The molecule has 216 valence electrons. The van der Waals surface area contributed by atoms with Crippen molar-refractivity contribution in [1.82, 2.24) is 9.47 Å². The van der Waals surface area contributed by atoms with Crippen LogP contribution in [0, 0.1) is 18.8 Å². The maximum absolute atomic E-state index is 11.5. The summed E-state index contributed by atoms with van der Waals surface area (Å²) in [7, 11) is 1.60. The molecule has 0 unspecified atom stereocenters. The molecule has 40 heavy (non-hydrogen) atoms.